The summed E-state index contributed by atoms with van der Waals surface area (Å²) in [5.41, 5.74) is 3.62. The van der Waals surface area contributed by atoms with Crippen LogP contribution in [0, 0.1) is 6.92 Å². The summed E-state index contributed by atoms with van der Waals surface area (Å²) in [5.74, 6) is 1.24. The summed E-state index contributed by atoms with van der Waals surface area (Å²) < 4.78 is 15.1. The van der Waals surface area contributed by atoms with Crippen molar-refractivity contribution in [2.24, 2.45) is 0 Å². The summed E-state index contributed by atoms with van der Waals surface area (Å²) in [7, 11) is -1.11. The molecular formula is C19H19N7OS2. The molecule has 8 nitrogen and oxygen atoms in total. The monoisotopic (exact) mass is 425 g/mol. The summed E-state index contributed by atoms with van der Waals surface area (Å²) in [4.78, 5) is 9.10. The van der Waals surface area contributed by atoms with Crippen LogP contribution in [-0.2, 0) is 19.9 Å². The number of hydrogen-bond donors (Lipinski definition) is 4. The van der Waals surface area contributed by atoms with Gasteiger partial charge in [-0.05, 0) is 49.9 Å². The van der Waals surface area contributed by atoms with Crippen LogP contribution in [0.15, 0.2) is 59.9 Å². The topological polar surface area (TPSA) is 108 Å². The standard InChI is InChI=1S/C19H19N7OS2/c1-12-3-5-15(29(27,28)20-2)8-17(12)25-19-9-18(21-11-22-19)24-14-4-6-16-13(7-14)10-23-26-16/h3-11,20H,1-2H3,(H,23,26)(H2,21,22,24,25). The van der Waals surface area contributed by atoms with Crippen molar-refractivity contribution in [1.29, 1.82) is 0 Å². The van der Waals surface area contributed by atoms with Crippen LogP contribution >= 0.6 is 0 Å². The summed E-state index contributed by atoms with van der Waals surface area (Å²) in [6.45, 7) is 1.96. The number of nitrogens with one attached hydrogen (secondary N) is 4. The van der Waals surface area contributed by atoms with E-state index in [-0.39, 0.29) is 0 Å². The fourth-order valence-corrected chi connectivity index (χ4v) is 3.89. The van der Waals surface area contributed by atoms with Gasteiger partial charge in [0.2, 0.25) is 0 Å². The highest BCUT2D eigenvalue weighted by atomic mass is 32.8. The minimum Gasteiger partial charge on any atom is -0.340 e. The highest BCUT2D eigenvalue weighted by Gasteiger charge is 2.10. The van der Waals surface area contributed by atoms with Crippen molar-refractivity contribution in [2.45, 2.75) is 11.8 Å². The number of nitrogens with zero attached hydrogens (tertiary/aromatic N) is 3. The molecule has 0 saturated heterocycles. The van der Waals surface area contributed by atoms with E-state index in [2.05, 4.69) is 35.5 Å². The van der Waals surface area contributed by atoms with Crippen molar-refractivity contribution in [2.75, 3.05) is 17.7 Å². The first-order valence-corrected chi connectivity index (χ1v) is 11.3. The molecule has 4 N–H and O–H groups in total. The number of hydrogen-bond acceptors (Lipinski definition) is 7. The third-order valence-corrected chi connectivity index (χ3v) is 6.92. The van der Waals surface area contributed by atoms with Crippen molar-refractivity contribution < 1.29 is 4.21 Å². The maximum absolute atomic E-state index is 12.4. The van der Waals surface area contributed by atoms with E-state index in [1.165, 1.54) is 6.33 Å². The number of benzene rings is 2. The second-order valence-corrected chi connectivity index (χ2v) is 9.69. The van der Waals surface area contributed by atoms with Crippen LogP contribution in [0.25, 0.3) is 10.9 Å². The first-order valence-electron chi connectivity index (χ1n) is 8.78. The molecule has 0 amide bonds. The first-order chi connectivity index (χ1) is 13.9. The molecular weight excluding hydrogens is 406 g/mol. The number of H-pyrrole nitrogens is 1. The molecule has 0 spiro atoms. The summed E-state index contributed by atoms with van der Waals surface area (Å²) in [5, 5.41) is 14.5. The molecule has 4 aromatic rings. The van der Waals surface area contributed by atoms with Gasteiger partial charge in [0, 0.05) is 34.0 Å². The lowest BCUT2D eigenvalue weighted by Gasteiger charge is -2.13. The summed E-state index contributed by atoms with van der Waals surface area (Å²) in [6, 6.07) is 13.1. The van der Waals surface area contributed by atoms with Gasteiger partial charge in [0.15, 0.2) is 0 Å². The molecule has 0 fully saturated rings. The molecule has 4 rings (SSSR count). The van der Waals surface area contributed by atoms with Gasteiger partial charge in [-0.3, -0.25) is 5.10 Å². The predicted octanol–water partition coefficient (Wildman–Crippen LogP) is 3.39. The number of aryl methyl sites for hydroxylation is 1. The zero-order valence-electron chi connectivity index (χ0n) is 15.8. The third kappa shape index (κ3) is 4.19. The minimum atomic E-state index is -2.70. The molecule has 1 unspecified atom stereocenters. The Labute approximate surface area is 173 Å². The Balaban J connectivity index is 1.58. The van der Waals surface area contributed by atoms with E-state index in [4.69, 9.17) is 11.2 Å². The Morgan fingerprint density at radius 3 is 2.62 bits per heavy atom. The minimum absolute atomic E-state index is 0.545. The van der Waals surface area contributed by atoms with Crippen LogP contribution in [0.5, 0.6) is 0 Å². The summed E-state index contributed by atoms with van der Waals surface area (Å²) >= 11 is 5.15. The van der Waals surface area contributed by atoms with Crippen molar-refractivity contribution in [3.05, 3.63) is 60.6 Å². The lowest BCUT2D eigenvalue weighted by molar-refractivity contribution is 0.676. The SMILES string of the molecule is CNS(=O)(=S)c1ccc(C)c(Nc2cc(Nc3ccc4[nH]ncc4c3)ncn2)c1. The van der Waals surface area contributed by atoms with Gasteiger partial charge in [0.1, 0.15) is 26.6 Å². The van der Waals surface area contributed by atoms with Gasteiger partial charge in [-0.1, -0.05) is 6.07 Å². The Bertz CT molecular complexity index is 1280. The highest BCUT2D eigenvalue weighted by Crippen LogP contribution is 2.25. The second kappa shape index (κ2) is 7.74. The first kappa shape index (κ1) is 19.2. The van der Waals surface area contributed by atoms with Crippen molar-refractivity contribution in [3.8, 4) is 0 Å². The Morgan fingerprint density at radius 1 is 1.03 bits per heavy atom. The van der Waals surface area contributed by atoms with E-state index < -0.39 is 8.68 Å². The zero-order chi connectivity index (χ0) is 20.4. The molecule has 0 aliphatic carbocycles. The molecule has 148 valence electrons. The maximum atomic E-state index is 12.4. The largest absolute Gasteiger partial charge is 0.340 e. The molecule has 10 heteroatoms. The number of aromatic nitrogens is 4. The molecule has 0 aliphatic rings. The van der Waals surface area contributed by atoms with Gasteiger partial charge in [0.05, 0.1) is 16.6 Å². The number of aromatic amines is 1. The van der Waals surface area contributed by atoms with E-state index in [0.29, 0.717) is 16.5 Å². The van der Waals surface area contributed by atoms with Crippen LogP contribution in [-0.4, -0.2) is 31.4 Å². The number of anilines is 4. The Morgan fingerprint density at radius 2 is 1.83 bits per heavy atom. The van der Waals surface area contributed by atoms with Gasteiger partial charge < -0.3 is 10.6 Å². The van der Waals surface area contributed by atoms with Crippen LogP contribution in [0.1, 0.15) is 5.56 Å². The Kier molecular flexibility index (Phi) is 5.14. The summed E-state index contributed by atoms with van der Waals surface area (Å²) in [6.07, 6.45) is 3.25. The molecule has 2 aromatic heterocycles. The maximum Gasteiger partial charge on any atom is 0.135 e. The van der Waals surface area contributed by atoms with Crippen LogP contribution in [0.4, 0.5) is 23.0 Å². The lowest BCUT2D eigenvalue weighted by atomic mass is 10.2. The van der Waals surface area contributed by atoms with Crippen molar-refractivity contribution >= 4 is 53.8 Å². The average Bonchev–Trinajstić information content (AvgIpc) is 3.18. The lowest BCUT2D eigenvalue weighted by Crippen LogP contribution is -2.17. The van der Waals surface area contributed by atoms with Gasteiger partial charge >= 0.3 is 0 Å². The van der Waals surface area contributed by atoms with Crippen molar-refractivity contribution in [3.63, 3.8) is 0 Å². The number of fused-ring (bicyclic) bond motifs is 1. The molecule has 2 aromatic carbocycles. The third-order valence-electron chi connectivity index (χ3n) is 4.43. The highest BCUT2D eigenvalue weighted by molar-refractivity contribution is 8.31. The molecule has 2 heterocycles. The zero-order valence-corrected chi connectivity index (χ0v) is 17.4. The van der Waals surface area contributed by atoms with E-state index in [1.54, 1.807) is 31.4 Å². The Hall–Kier alpha value is -3.08. The van der Waals surface area contributed by atoms with E-state index in [0.717, 1.165) is 27.8 Å². The van der Waals surface area contributed by atoms with Crippen LogP contribution in [0.2, 0.25) is 0 Å². The molecule has 0 bridgehead atoms. The van der Waals surface area contributed by atoms with E-state index >= 15 is 0 Å². The van der Waals surface area contributed by atoms with Gasteiger partial charge in [-0.25, -0.2) is 18.9 Å². The van der Waals surface area contributed by atoms with Gasteiger partial charge in [0.25, 0.3) is 0 Å². The quantitative estimate of drug-likeness (QED) is 0.375. The van der Waals surface area contributed by atoms with Crippen LogP contribution < -0.4 is 15.4 Å². The number of rotatable bonds is 6. The molecule has 1 atom stereocenters. The smallest absolute Gasteiger partial charge is 0.135 e. The van der Waals surface area contributed by atoms with Crippen molar-refractivity contribution in [1.82, 2.24) is 24.9 Å². The van der Waals surface area contributed by atoms with E-state index in [1.807, 2.05) is 31.2 Å². The average molecular weight is 426 g/mol. The molecule has 29 heavy (non-hydrogen) atoms. The fraction of sp³-hybridized carbons (Fsp3) is 0.105. The van der Waals surface area contributed by atoms with Gasteiger partial charge in [-0.15, -0.1) is 0 Å². The fourth-order valence-electron chi connectivity index (χ4n) is 2.82. The molecule has 0 aliphatic heterocycles. The van der Waals surface area contributed by atoms with Crippen LogP contribution in [0.3, 0.4) is 0 Å². The normalized spacial score (nSPS) is 13.2. The van der Waals surface area contributed by atoms with Gasteiger partial charge in [-0.2, -0.15) is 5.10 Å². The van der Waals surface area contributed by atoms with E-state index in [9.17, 15) is 4.21 Å². The predicted molar refractivity (Wildman–Crippen MR) is 119 cm³/mol. The molecule has 0 saturated carbocycles. The second-order valence-electron chi connectivity index (χ2n) is 6.39. The molecule has 0 radical (unpaired) electrons.